The van der Waals surface area contributed by atoms with Gasteiger partial charge in [-0.1, -0.05) is 18.2 Å². The largest absolute Gasteiger partial charge is 0.481 e. The summed E-state index contributed by atoms with van der Waals surface area (Å²) in [5, 5.41) is 20.6. The van der Waals surface area contributed by atoms with Gasteiger partial charge in [-0.15, -0.1) is 0 Å². The van der Waals surface area contributed by atoms with Crippen LogP contribution in [-0.4, -0.2) is 40.9 Å². The number of carboxylic acids is 2. The highest BCUT2D eigenvalue weighted by Crippen LogP contribution is 2.48. The zero-order valence-electron chi connectivity index (χ0n) is 13.4. The highest BCUT2D eigenvalue weighted by atomic mass is 16.5. The zero-order chi connectivity index (χ0) is 18.0. The van der Waals surface area contributed by atoms with Crippen molar-refractivity contribution < 1.29 is 29.3 Å². The van der Waals surface area contributed by atoms with E-state index in [-0.39, 0.29) is 6.61 Å². The Morgan fingerprint density at radius 3 is 2.33 bits per heavy atom. The fraction of sp³-hybridized carbons (Fsp3) is 0.438. The molecule has 0 bridgehead atoms. The molecule has 1 amide bonds. The number of carboxylic acid groups (broad SMARTS) is 2. The first-order valence-corrected chi connectivity index (χ1v) is 7.45. The Kier molecular flexibility index (Phi) is 5.08. The number of aryl methyl sites for hydroxylation is 2. The Morgan fingerprint density at radius 2 is 1.83 bits per heavy atom. The predicted molar refractivity (Wildman–Crippen MR) is 84.6 cm³/mol. The number of aliphatic carboxylic acids is 2. The normalized spacial score (nSPS) is 23.2. The summed E-state index contributed by atoms with van der Waals surface area (Å²) in [4.78, 5) is 33.9. The van der Waals surface area contributed by atoms with E-state index < -0.39 is 41.8 Å². The molecule has 0 spiro atoms. The second-order valence-corrected chi connectivity index (χ2v) is 5.96. The minimum Gasteiger partial charge on any atom is -0.481 e. The van der Waals surface area contributed by atoms with E-state index in [0.29, 0.717) is 5.69 Å². The number of carbonyl (C=O) groups excluding carboxylic acids is 1. The minimum atomic E-state index is -1.29. The second-order valence-electron chi connectivity index (χ2n) is 5.96. The Labute approximate surface area is 138 Å². The number of amides is 1. The van der Waals surface area contributed by atoms with Crippen LogP contribution in [0, 0.1) is 31.6 Å². The number of ether oxygens (including phenoxy) is 1. The van der Waals surface area contributed by atoms with Gasteiger partial charge in [-0.2, -0.15) is 0 Å². The summed E-state index contributed by atoms with van der Waals surface area (Å²) in [6.07, 6.45) is -0.717. The summed E-state index contributed by atoms with van der Waals surface area (Å²) in [6.45, 7) is 3.48. The quantitative estimate of drug-likeness (QED) is 0.612. The Hall–Kier alpha value is -2.61. The predicted octanol–water partition coefficient (Wildman–Crippen LogP) is 1.21. The summed E-state index contributed by atoms with van der Waals surface area (Å²) in [7, 11) is 0. The van der Waals surface area contributed by atoms with E-state index in [1.807, 2.05) is 32.0 Å². The molecule has 0 radical (unpaired) electrons. The smallest absolute Gasteiger partial charge is 0.411 e. The number of hydrogen-bond donors (Lipinski definition) is 4. The molecule has 0 unspecified atom stereocenters. The van der Waals surface area contributed by atoms with Crippen LogP contribution >= 0.6 is 0 Å². The van der Waals surface area contributed by atoms with Crippen LogP contribution in [0.3, 0.4) is 0 Å². The molecule has 130 valence electrons. The highest BCUT2D eigenvalue weighted by molar-refractivity contribution is 5.87. The van der Waals surface area contributed by atoms with Gasteiger partial charge in [0.2, 0.25) is 0 Å². The number of nitrogens with one attached hydrogen (secondary N) is 1. The molecule has 8 heteroatoms. The van der Waals surface area contributed by atoms with E-state index in [2.05, 4.69) is 5.32 Å². The Balaban J connectivity index is 1.94. The van der Waals surface area contributed by atoms with Crippen molar-refractivity contribution in [2.24, 2.45) is 23.5 Å². The first kappa shape index (κ1) is 17.7. The standard InChI is InChI=1S/C16H20N2O6/c1-7-4-3-5-8(2)13(7)18-16(23)24-6-9-10(11(9)14(19)20)12(17)15(21)22/h3-5,9-12H,6,17H2,1-2H3,(H,18,23)(H,19,20)(H,21,22)/t9-,10+,11+,12+/m0/s1. The molecule has 1 saturated carbocycles. The maximum atomic E-state index is 11.9. The Morgan fingerprint density at radius 1 is 1.25 bits per heavy atom. The third-order valence-electron chi connectivity index (χ3n) is 4.33. The number of benzene rings is 1. The molecule has 5 N–H and O–H groups in total. The van der Waals surface area contributed by atoms with E-state index in [1.54, 1.807) is 0 Å². The van der Waals surface area contributed by atoms with Gasteiger partial charge in [0.25, 0.3) is 0 Å². The summed E-state index contributed by atoms with van der Waals surface area (Å²) in [5.41, 5.74) is 7.86. The van der Waals surface area contributed by atoms with E-state index >= 15 is 0 Å². The Bertz CT molecular complexity index is 654. The van der Waals surface area contributed by atoms with Crippen LogP contribution in [0.5, 0.6) is 0 Å². The summed E-state index contributed by atoms with van der Waals surface area (Å²) < 4.78 is 5.06. The lowest BCUT2D eigenvalue weighted by molar-refractivity contribution is -0.140. The van der Waals surface area contributed by atoms with Gasteiger partial charge in [-0.25, -0.2) is 4.79 Å². The molecule has 0 saturated heterocycles. The summed E-state index contributed by atoms with van der Waals surface area (Å²) in [6, 6.07) is 4.25. The van der Waals surface area contributed by atoms with Crippen LogP contribution in [0.15, 0.2) is 18.2 Å². The van der Waals surface area contributed by atoms with E-state index in [0.717, 1.165) is 11.1 Å². The van der Waals surface area contributed by atoms with Gasteiger partial charge in [0.1, 0.15) is 6.04 Å². The molecule has 1 aromatic rings. The van der Waals surface area contributed by atoms with Crippen molar-refractivity contribution in [2.75, 3.05) is 11.9 Å². The second kappa shape index (κ2) is 6.88. The summed E-state index contributed by atoms with van der Waals surface area (Å²) >= 11 is 0. The van der Waals surface area contributed by atoms with Crippen molar-refractivity contribution in [2.45, 2.75) is 19.9 Å². The van der Waals surface area contributed by atoms with Gasteiger partial charge in [0, 0.05) is 17.5 Å². The van der Waals surface area contributed by atoms with Crippen LogP contribution in [0.2, 0.25) is 0 Å². The number of hydrogen-bond acceptors (Lipinski definition) is 5. The molecule has 1 aliphatic carbocycles. The molecular formula is C16H20N2O6. The average molecular weight is 336 g/mol. The van der Waals surface area contributed by atoms with Crippen molar-refractivity contribution in [3.8, 4) is 0 Å². The van der Waals surface area contributed by atoms with E-state index in [9.17, 15) is 14.4 Å². The number of carbonyl (C=O) groups is 3. The van der Waals surface area contributed by atoms with Gasteiger partial charge in [-0.05, 0) is 25.0 Å². The van der Waals surface area contributed by atoms with Gasteiger partial charge in [0.15, 0.2) is 0 Å². The number of nitrogens with two attached hydrogens (primary N) is 1. The van der Waals surface area contributed by atoms with Crippen molar-refractivity contribution in [1.29, 1.82) is 0 Å². The molecule has 0 heterocycles. The molecular weight excluding hydrogens is 316 g/mol. The molecule has 1 fully saturated rings. The lowest BCUT2D eigenvalue weighted by Crippen LogP contribution is -2.34. The van der Waals surface area contributed by atoms with E-state index in [4.69, 9.17) is 20.7 Å². The monoisotopic (exact) mass is 336 g/mol. The molecule has 1 aliphatic rings. The topological polar surface area (TPSA) is 139 Å². The fourth-order valence-electron chi connectivity index (χ4n) is 2.94. The number of para-hydroxylation sites is 1. The van der Waals surface area contributed by atoms with Gasteiger partial charge in [-0.3, -0.25) is 14.9 Å². The SMILES string of the molecule is Cc1cccc(C)c1NC(=O)OC[C@@H]1[C@@H](C(=O)O)[C@@H]1[C@@H](N)C(=O)O. The lowest BCUT2D eigenvalue weighted by Gasteiger charge is -2.12. The van der Waals surface area contributed by atoms with Gasteiger partial charge < -0.3 is 20.7 Å². The molecule has 2 rings (SSSR count). The zero-order valence-corrected chi connectivity index (χ0v) is 13.4. The highest BCUT2D eigenvalue weighted by Gasteiger charge is 2.60. The molecule has 0 aromatic heterocycles. The van der Waals surface area contributed by atoms with Crippen molar-refractivity contribution in [1.82, 2.24) is 0 Å². The molecule has 24 heavy (non-hydrogen) atoms. The third-order valence-corrected chi connectivity index (χ3v) is 4.33. The number of anilines is 1. The van der Waals surface area contributed by atoms with Crippen molar-refractivity contribution >= 4 is 23.7 Å². The van der Waals surface area contributed by atoms with Crippen LogP contribution in [0.25, 0.3) is 0 Å². The van der Waals surface area contributed by atoms with E-state index in [1.165, 1.54) is 0 Å². The van der Waals surface area contributed by atoms with Crippen LogP contribution in [-0.2, 0) is 14.3 Å². The van der Waals surface area contributed by atoms with Crippen molar-refractivity contribution in [3.63, 3.8) is 0 Å². The molecule has 1 aromatic carbocycles. The van der Waals surface area contributed by atoms with Crippen molar-refractivity contribution in [3.05, 3.63) is 29.3 Å². The molecule has 8 nitrogen and oxygen atoms in total. The first-order valence-electron chi connectivity index (χ1n) is 7.45. The fourth-order valence-corrected chi connectivity index (χ4v) is 2.94. The van der Waals surface area contributed by atoms with Crippen LogP contribution in [0.4, 0.5) is 10.5 Å². The molecule has 4 atom stereocenters. The summed E-state index contributed by atoms with van der Waals surface area (Å²) in [5.74, 6) is -4.66. The first-order chi connectivity index (χ1) is 11.2. The lowest BCUT2D eigenvalue weighted by atomic mass is 10.1. The number of rotatable bonds is 6. The maximum absolute atomic E-state index is 11.9. The van der Waals surface area contributed by atoms with Gasteiger partial charge >= 0.3 is 18.0 Å². The van der Waals surface area contributed by atoms with Crippen LogP contribution in [0.1, 0.15) is 11.1 Å². The average Bonchev–Trinajstić information content (AvgIpc) is 3.22. The molecule has 0 aliphatic heterocycles. The van der Waals surface area contributed by atoms with Crippen LogP contribution < -0.4 is 11.1 Å². The maximum Gasteiger partial charge on any atom is 0.411 e. The third kappa shape index (κ3) is 3.65. The minimum absolute atomic E-state index is 0.195. The van der Waals surface area contributed by atoms with Gasteiger partial charge in [0.05, 0.1) is 12.5 Å².